The molecule has 6 heteroatoms. The number of esters is 1. The molecule has 0 spiro atoms. The van der Waals surface area contributed by atoms with Crippen molar-refractivity contribution in [2.75, 3.05) is 20.4 Å². The van der Waals surface area contributed by atoms with Crippen LogP contribution >= 0.6 is 0 Å². The van der Waals surface area contributed by atoms with E-state index in [0.29, 0.717) is 6.42 Å². The van der Waals surface area contributed by atoms with E-state index in [1.54, 1.807) is 34.6 Å². The molecule has 0 aliphatic rings. The number of hydrogen-bond donors (Lipinski definition) is 0. The molecule has 0 aromatic carbocycles. The molecule has 0 aliphatic carbocycles. The summed E-state index contributed by atoms with van der Waals surface area (Å²) in [7, 11) is 1.46. The second-order valence-corrected chi connectivity index (χ2v) is 5.67. The summed E-state index contributed by atoms with van der Waals surface area (Å²) < 4.78 is 15.4. The van der Waals surface area contributed by atoms with E-state index in [1.807, 2.05) is 6.92 Å². The van der Waals surface area contributed by atoms with Crippen LogP contribution in [0.3, 0.4) is 0 Å². The number of carbonyl (C=O) groups excluding carboxylic acids is 2. The third kappa shape index (κ3) is 5.00. The molecule has 118 valence electrons. The van der Waals surface area contributed by atoms with E-state index in [0.717, 1.165) is 0 Å². The predicted octanol–water partition coefficient (Wildman–Crippen LogP) is 2.56. The fourth-order valence-electron chi connectivity index (χ4n) is 1.57. The van der Waals surface area contributed by atoms with Crippen LogP contribution in [0.2, 0.25) is 0 Å². The maximum Gasteiger partial charge on any atom is 0.413 e. The maximum absolute atomic E-state index is 12.3. The lowest BCUT2D eigenvalue weighted by molar-refractivity contribution is -0.160. The first-order chi connectivity index (χ1) is 9.12. The van der Waals surface area contributed by atoms with Gasteiger partial charge >= 0.3 is 12.1 Å². The second kappa shape index (κ2) is 7.47. The van der Waals surface area contributed by atoms with Gasteiger partial charge in [0.05, 0.1) is 6.61 Å². The second-order valence-electron chi connectivity index (χ2n) is 5.67. The van der Waals surface area contributed by atoms with Crippen molar-refractivity contribution < 1.29 is 23.8 Å². The highest BCUT2D eigenvalue weighted by atomic mass is 16.6. The van der Waals surface area contributed by atoms with Gasteiger partial charge in [-0.2, -0.15) is 0 Å². The van der Waals surface area contributed by atoms with E-state index >= 15 is 0 Å². The molecule has 0 aromatic rings. The lowest BCUT2D eigenvalue weighted by atomic mass is 9.97. The van der Waals surface area contributed by atoms with Crippen molar-refractivity contribution in [1.82, 2.24) is 4.90 Å². The Morgan fingerprint density at radius 1 is 1.10 bits per heavy atom. The molecular formula is C14H27NO5. The Morgan fingerprint density at radius 2 is 1.65 bits per heavy atom. The van der Waals surface area contributed by atoms with Gasteiger partial charge in [0.2, 0.25) is 0 Å². The highest BCUT2D eigenvalue weighted by Crippen LogP contribution is 2.24. The van der Waals surface area contributed by atoms with Gasteiger partial charge < -0.3 is 14.2 Å². The fraction of sp³-hybridized carbons (Fsp3) is 0.857. The van der Waals surface area contributed by atoms with Crippen molar-refractivity contribution in [3.05, 3.63) is 0 Å². The van der Waals surface area contributed by atoms with Gasteiger partial charge in [0.15, 0.2) is 0 Å². The van der Waals surface area contributed by atoms with Crippen LogP contribution in [0.25, 0.3) is 0 Å². The van der Waals surface area contributed by atoms with Crippen LogP contribution in [0.4, 0.5) is 4.79 Å². The number of ether oxygens (including phenoxy) is 3. The molecule has 1 amide bonds. The Labute approximate surface area is 121 Å². The number of rotatable bonds is 6. The normalized spacial score (nSPS) is 14.3. The van der Waals surface area contributed by atoms with Crippen LogP contribution in [-0.2, 0) is 19.0 Å². The van der Waals surface area contributed by atoms with Crippen LogP contribution in [-0.4, -0.2) is 48.5 Å². The zero-order valence-corrected chi connectivity index (χ0v) is 13.6. The summed E-state index contributed by atoms with van der Waals surface area (Å²) in [6, 6.07) is 0. The zero-order chi connectivity index (χ0) is 16.0. The zero-order valence-electron chi connectivity index (χ0n) is 13.6. The fourth-order valence-corrected chi connectivity index (χ4v) is 1.57. The first-order valence-corrected chi connectivity index (χ1v) is 6.79. The lowest BCUT2D eigenvalue weighted by Crippen LogP contribution is -2.57. The van der Waals surface area contributed by atoms with Crippen LogP contribution in [0.15, 0.2) is 0 Å². The molecule has 0 aromatic heterocycles. The monoisotopic (exact) mass is 289 g/mol. The van der Waals surface area contributed by atoms with Crippen LogP contribution in [0.5, 0.6) is 0 Å². The summed E-state index contributed by atoms with van der Waals surface area (Å²) in [5.74, 6) is -0.467. The van der Waals surface area contributed by atoms with E-state index in [1.165, 1.54) is 12.0 Å². The Hall–Kier alpha value is -1.30. The van der Waals surface area contributed by atoms with Crippen molar-refractivity contribution in [3.8, 4) is 0 Å². The molecule has 1 atom stereocenters. The van der Waals surface area contributed by atoms with Gasteiger partial charge in [0, 0.05) is 7.11 Å². The van der Waals surface area contributed by atoms with E-state index < -0.39 is 23.2 Å². The van der Waals surface area contributed by atoms with Crippen LogP contribution < -0.4 is 0 Å². The molecule has 0 fully saturated rings. The molecule has 0 radical (unpaired) electrons. The van der Waals surface area contributed by atoms with E-state index in [4.69, 9.17) is 14.2 Å². The summed E-state index contributed by atoms with van der Waals surface area (Å²) in [6.45, 7) is 10.7. The van der Waals surface area contributed by atoms with Gasteiger partial charge in [-0.3, -0.25) is 4.90 Å². The molecule has 0 N–H and O–H groups in total. The molecule has 0 bridgehead atoms. The molecule has 0 rings (SSSR count). The summed E-state index contributed by atoms with van der Waals surface area (Å²) in [5, 5.41) is 0. The van der Waals surface area contributed by atoms with Gasteiger partial charge in [-0.05, 0) is 41.0 Å². The Bertz CT molecular complexity index is 337. The number of methoxy groups -OCH3 is 1. The maximum atomic E-state index is 12.3. The first-order valence-electron chi connectivity index (χ1n) is 6.79. The summed E-state index contributed by atoms with van der Waals surface area (Å²) in [6.07, 6.45) is -0.203. The van der Waals surface area contributed by atoms with E-state index in [9.17, 15) is 9.59 Å². The molecule has 0 saturated heterocycles. The molecule has 0 saturated carbocycles. The lowest BCUT2D eigenvalue weighted by Gasteiger charge is -2.38. The number of amides is 1. The minimum absolute atomic E-state index is 0.0436. The largest absolute Gasteiger partial charge is 0.464 e. The van der Waals surface area contributed by atoms with E-state index in [2.05, 4.69) is 0 Å². The minimum Gasteiger partial charge on any atom is -0.464 e. The molecule has 20 heavy (non-hydrogen) atoms. The smallest absolute Gasteiger partial charge is 0.413 e. The minimum atomic E-state index is -1.12. The summed E-state index contributed by atoms with van der Waals surface area (Å²) >= 11 is 0. The van der Waals surface area contributed by atoms with Crippen LogP contribution in [0.1, 0.15) is 48.0 Å². The third-order valence-electron chi connectivity index (χ3n) is 2.87. The Kier molecular flexibility index (Phi) is 6.99. The SMILES string of the molecule is CCOC(=O)[C@](C)(CC)N(COC)C(=O)OC(C)(C)C. The van der Waals surface area contributed by atoms with E-state index in [-0.39, 0.29) is 13.3 Å². The quantitative estimate of drug-likeness (QED) is 0.555. The van der Waals surface area contributed by atoms with Gasteiger partial charge in [0.1, 0.15) is 17.9 Å². The Balaban J connectivity index is 5.30. The number of carbonyl (C=O) groups is 2. The van der Waals surface area contributed by atoms with Crippen molar-refractivity contribution in [2.45, 2.75) is 59.1 Å². The number of nitrogens with zero attached hydrogens (tertiary/aromatic N) is 1. The molecule has 6 nitrogen and oxygen atoms in total. The van der Waals surface area contributed by atoms with Crippen molar-refractivity contribution in [1.29, 1.82) is 0 Å². The van der Waals surface area contributed by atoms with Gasteiger partial charge in [0.25, 0.3) is 0 Å². The van der Waals surface area contributed by atoms with Crippen molar-refractivity contribution in [2.24, 2.45) is 0 Å². The molecule has 0 unspecified atom stereocenters. The highest BCUT2D eigenvalue weighted by molar-refractivity contribution is 5.85. The predicted molar refractivity (Wildman–Crippen MR) is 75.3 cm³/mol. The third-order valence-corrected chi connectivity index (χ3v) is 2.87. The molecule has 0 heterocycles. The summed E-state index contributed by atoms with van der Waals surface area (Å²) in [4.78, 5) is 25.7. The topological polar surface area (TPSA) is 65.1 Å². The molecular weight excluding hydrogens is 262 g/mol. The standard InChI is InChI=1S/C14H27NO5/c1-8-14(6,11(16)19-9-2)15(10-18-7)12(17)20-13(3,4)5/h8-10H2,1-7H3/t14-/m0/s1. The number of hydrogen-bond acceptors (Lipinski definition) is 5. The van der Waals surface area contributed by atoms with Gasteiger partial charge in [-0.1, -0.05) is 6.92 Å². The van der Waals surface area contributed by atoms with Gasteiger partial charge in [-0.15, -0.1) is 0 Å². The van der Waals surface area contributed by atoms with Crippen LogP contribution in [0, 0.1) is 0 Å². The average molecular weight is 289 g/mol. The average Bonchev–Trinajstić information content (AvgIpc) is 2.33. The molecule has 0 aliphatic heterocycles. The van der Waals surface area contributed by atoms with Gasteiger partial charge in [-0.25, -0.2) is 9.59 Å². The van der Waals surface area contributed by atoms with Crippen molar-refractivity contribution >= 4 is 12.1 Å². The summed E-state index contributed by atoms with van der Waals surface area (Å²) in [5.41, 5.74) is -1.76. The first kappa shape index (κ1) is 18.7. The highest BCUT2D eigenvalue weighted by Gasteiger charge is 2.43. The van der Waals surface area contributed by atoms with Crippen molar-refractivity contribution in [3.63, 3.8) is 0 Å². The Morgan fingerprint density at radius 3 is 2.00 bits per heavy atom.